The average molecular weight is 271 g/mol. The van der Waals surface area contributed by atoms with E-state index >= 15 is 0 Å². The molecule has 2 aromatic rings. The zero-order valence-corrected chi connectivity index (χ0v) is 11.5. The molecule has 5 heteroatoms. The summed E-state index contributed by atoms with van der Waals surface area (Å²) in [6.07, 6.45) is 1.73. The molecule has 0 saturated heterocycles. The molecule has 1 aromatic carbocycles. The van der Waals surface area contributed by atoms with Gasteiger partial charge in [-0.1, -0.05) is 12.1 Å². The van der Waals surface area contributed by atoms with E-state index in [2.05, 4.69) is 9.55 Å². The van der Waals surface area contributed by atoms with Gasteiger partial charge in [0.05, 0.1) is 16.9 Å². The lowest BCUT2D eigenvalue weighted by Crippen LogP contribution is -2.18. The van der Waals surface area contributed by atoms with Crippen LogP contribution in [0.5, 0.6) is 0 Å². The first kappa shape index (κ1) is 12.6. The maximum atomic E-state index is 11.5. The number of aromatic nitrogens is 2. The van der Waals surface area contributed by atoms with Crippen molar-refractivity contribution in [3.05, 3.63) is 30.1 Å². The number of alkyl halides is 1. The van der Waals surface area contributed by atoms with Crippen LogP contribution < -0.4 is 0 Å². The van der Waals surface area contributed by atoms with Crippen LogP contribution in [0.3, 0.4) is 0 Å². The van der Waals surface area contributed by atoms with Crippen molar-refractivity contribution >= 4 is 33.4 Å². The Labute approximate surface area is 108 Å². The highest BCUT2D eigenvalue weighted by Gasteiger charge is 2.14. The van der Waals surface area contributed by atoms with Gasteiger partial charge < -0.3 is 4.57 Å². The largest absolute Gasteiger partial charge is 0.326 e. The van der Waals surface area contributed by atoms with Gasteiger partial charge >= 0.3 is 0 Å². The Morgan fingerprint density at radius 2 is 2.18 bits per heavy atom. The van der Waals surface area contributed by atoms with E-state index in [-0.39, 0.29) is 5.25 Å². The Hall–Kier alpha value is -0.870. The van der Waals surface area contributed by atoms with Crippen LogP contribution in [0.1, 0.15) is 12.7 Å². The maximum absolute atomic E-state index is 11.5. The van der Waals surface area contributed by atoms with Crippen molar-refractivity contribution in [3.63, 3.8) is 0 Å². The quantitative estimate of drug-likeness (QED) is 0.801. The van der Waals surface area contributed by atoms with Gasteiger partial charge in [-0.3, -0.25) is 4.21 Å². The molecule has 1 heterocycles. The second-order valence-electron chi connectivity index (χ2n) is 4.07. The van der Waals surface area contributed by atoms with Crippen LogP contribution in [0.4, 0.5) is 0 Å². The summed E-state index contributed by atoms with van der Waals surface area (Å²) >= 11 is 5.91. The number of fused-ring (bicyclic) bond motifs is 1. The van der Waals surface area contributed by atoms with Gasteiger partial charge in [0.25, 0.3) is 0 Å². The highest BCUT2D eigenvalue weighted by atomic mass is 35.5. The van der Waals surface area contributed by atoms with Crippen molar-refractivity contribution in [1.82, 2.24) is 9.55 Å². The Morgan fingerprint density at radius 1 is 1.47 bits per heavy atom. The fourth-order valence-corrected chi connectivity index (χ4v) is 2.36. The van der Waals surface area contributed by atoms with Gasteiger partial charge in [0, 0.05) is 28.9 Å². The first-order chi connectivity index (χ1) is 8.13. The molecular weight excluding hydrogens is 256 g/mol. The third-order valence-electron chi connectivity index (χ3n) is 2.86. The molecule has 0 N–H and O–H groups in total. The molecular formula is C12H15ClN2OS. The van der Waals surface area contributed by atoms with Gasteiger partial charge in [-0.15, -0.1) is 11.6 Å². The van der Waals surface area contributed by atoms with E-state index in [0.717, 1.165) is 16.9 Å². The lowest BCUT2D eigenvalue weighted by atomic mass is 10.3. The average Bonchev–Trinajstić information content (AvgIpc) is 2.67. The molecule has 2 rings (SSSR count). The van der Waals surface area contributed by atoms with Crippen molar-refractivity contribution in [2.45, 2.75) is 24.6 Å². The fraction of sp³-hybridized carbons (Fsp3) is 0.417. The van der Waals surface area contributed by atoms with Crippen molar-refractivity contribution in [2.75, 3.05) is 6.26 Å². The molecule has 0 amide bonds. The topological polar surface area (TPSA) is 34.9 Å². The zero-order chi connectivity index (χ0) is 12.4. The third kappa shape index (κ3) is 2.53. The Morgan fingerprint density at radius 3 is 2.82 bits per heavy atom. The number of halogens is 1. The van der Waals surface area contributed by atoms with Gasteiger partial charge in [0.2, 0.25) is 0 Å². The molecule has 0 aliphatic rings. The molecule has 0 radical (unpaired) electrons. The number of benzene rings is 1. The van der Waals surface area contributed by atoms with Crippen molar-refractivity contribution in [3.8, 4) is 0 Å². The van der Waals surface area contributed by atoms with E-state index in [1.165, 1.54) is 0 Å². The zero-order valence-electron chi connectivity index (χ0n) is 9.89. The van der Waals surface area contributed by atoms with Crippen molar-refractivity contribution in [2.24, 2.45) is 0 Å². The van der Waals surface area contributed by atoms with E-state index in [9.17, 15) is 4.21 Å². The predicted molar refractivity (Wildman–Crippen MR) is 72.8 cm³/mol. The number of para-hydroxylation sites is 2. The highest BCUT2D eigenvalue weighted by Crippen LogP contribution is 2.18. The molecule has 0 aliphatic heterocycles. The summed E-state index contributed by atoms with van der Waals surface area (Å²) in [5, 5.41) is 0.0922. The summed E-state index contributed by atoms with van der Waals surface area (Å²) in [4.78, 5) is 4.48. The standard InChI is InChI=1S/C12H15ClN2OS/c1-9(17(2)16)8-15-11-6-4-3-5-10(11)14-12(15)7-13/h3-6,9H,7-8H2,1-2H3. The smallest absolute Gasteiger partial charge is 0.124 e. The predicted octanol–water partition coefficient (Wildman–Crippen LogP) is 2.54. The minimum absolute atomic E-state index is 0.0922. The molecule has 2 atom stereocenters. The van der Waals surface area contributed by atoms with Crippen molar-refractivity contribution in [1.29, 1.82) is 0 Å². The van der Waals surface area contributed by atoms with Gasteiger partial charge in [0.15, 0.2) is 0 Å². The summed E-state index contributed by atoms with van der Waals surface area (Å²) in [7, 11) is -0.840. The number of rotatable bonds is 4. The van der Waals surface area contributed by atoms with E-state index < -0.39 is 10.8 Å². The summed E-state index contributed by atoms with van der Waals surface area (Å²) in [5.41, 5.74) is 2.00. The lowest BCUT2D eigenvalue weighted by Gasteiger charge is -2.12. The number of hydrogen-bond donors (Lipinski definition) is 0. The normalized spacial score (nSPS) is 15.0. The van der Waals surface area contributed by atoms with Crippen molar-refractivity contribution < 1.29 is 4.21 Å². The highest BCUT2D eigenvalue weighted by molar-refractivity contribution is 7.84. The Bertz CT molecular complexity index is 552. The summed E-state index contributed by atoms with van der Waals surface area (Å²) in [6.45, 7) is 2.66. The third-order valence-corrected chi connectivity index (χ3v) is 4.38. The summed E-state index contributed by atoms with van der Waals surface area (Å²) in [5.74, 6) is 1.21. The first-order valence-corrected chi connectivity index (χ1v) is 7.61. The number of hydrogen-bond acceptors (Lipinski definition) is 2. The van der Waals surface area contributed by atoms with E-state index in [4.69, 9.17) is 11.6 Å². The molecule has 3 nitrogen and oxygen atoms in total. The van der Waals surface area contributed by atoms with Crippen LogP contribution in [0.25, 0.3) is 11.0 Å². The first-order valence-electron chi connectivity index (χ1n) is 5.46. The second kappa shape index (κ2) is 5.19. The number of imidazole rings is 1. The van der Waals surface area contributed by atoms with Gasteiger partial charge in [-0.25, -0.2) is 4.98 Å². The summed E-state index contributed by atoms with van der Waals surface area (Å²) < 4.78 is 13.5. The van der Waals surface area contributed by atoms with Gasteiger partial charge in [0.1, 0.15) is 5.82 Å². The lowest BCUT2D eigenvalue weighted by molar-refractivity contribution is 0.641. The van der Waals surface area contributed by atoms with Crippen LogP contribution in [-0.2, 0) is 23.2 Å². The van der Waals surface area contributed by atoms with Gasteiger partial charge in [-0.05, 0) is 19.1 Å². The number of nitrogens with zero attached hydrogens (tertiary/aromatic N) is 2. The van der Waals surface area contributed by atoms with Crippen LogP contribution >= 0.6 is 11.6 Å². The van der Waals surface area contributed by atoms with Gasteiger partial charge in [-0.2, -0.15) is 0 Å². The Kier molecular flexibility index (Phi) is 3.84. The molecule has 0 aliphatic carbocycles. The Balaban J connectivity index is 2.46. The molecule has 17 heavy (non-hydrogen) atoms. The molecule has 0 bridgehead atoms. The van der Waals surface area contributed by atoms with Crippen LogP contribution in [0.2, 0.25) is 0 Å². The van der Waals surface area contributed by atoms with Crippen LogP contribution in [0, 0.1) is 0 Å². The molecule has 0 saturated carbocycles. The minimum Gasteiger partial charge on any atom is -0.326 e. The molecule has 1 aromatic heterocycles. The summed E-state index contributed by atoms with van der Waals surface area (Å²) in [6, 6.07) is 7.92. The van der Waals surface area contributed by atoms with E-state index in [1.807, 2.05) is 31.2 Å². The van der Waals surface area contributed by atoms with Crippen LogP contribution in [0.15, 0.2) is 24.3 Å². The van der Waals surface area contributed by atoms with Crippen LogP contribution in [-0.4, -0.2) is 25.3 Å². The second-order valence-corrected chi connectivity index (χ2v) is 6.14. The molecule has 92 valence electrons. The molecule has 0 spiro atoms. The SMILES string of the molecule is CC(Cn1c(CCl)nc2ccccc21)S(C)=O. The van der Waals surface area contributed by atoms with E-state index in [0.29, 0.717) is 12.4 Å². The van der Waals surface area contributed by atoms with E-state index in [1.54, 1.807) is 6.26 Å². The monoisotopic (exact) mass is 270 g/mol. The minimum atomic E-state index is -0.840. The molecule has 2 unspecified atom stereocenters. The fourth-order valence-electron chi connectivity index (χ4n) is 1.79. The maximum Gasteiger partial charge on any atom is 0.124 e. The molecule has 0 fully saturated rings.